The highest BCUT2D eigenvalue weighted by Gasteiger charge is 2.21. The Morgan fingerprint density at radius 2 is 1.88 bits per heavy atom. The van der Waals surface area contributed by atoms with Crippen molar-refractivity contribution in [1.29, 1.82) is 0 Å². The third-order valence-electron chi connectivity index (χ3n) is 4.35. The van der Waals surface area contributed by atoms with Crippen LogP contribution >= 0.6 is 15.9 Å². The second-order valence-electron chi connectivity index (χ2n) is 5.45. The number of nitrogens with one attached hydrogen (secondary N) is 1. The average molecular weight is 294 g/mol. The predicted molar refractivity (Wildman–Crippen MR) is 75.6 cm³/mol. The fourth-order valence-electron chi connectivity index (χ4n) is 3.30. The van der Waals surface area contributed by atoms with Gasteiger partial charge in [-0.05, 0) is 54.8 Å². The molecule has 1 aromatic carbocycles. The number of hydrogen-bond donors (Lipinski definition) is 1. The van der Waals surface area contributed by atoms with Crippen LogP contribution in [0.2, 0.25) is 0 Å². The van der Waals surface area contributed by atoms with Crippen LogP contribution in [0.4, 0.5) is 0 Å². The molecule has 1 aliphatic carbocycles. The Balaban J connectivity index is 1.82. The zero-order valence-corrected chi connectivity index (χ0v) is 11.8. The molecule has 1 nitrogen and oxygen atoms in total. The van der Waals surface area contributed by atoms with Gasteiger partial charge in [-0.1, -0.05) is 40.9 Å². The van der Waals surface area contributed by atoms with Crippen molar-refractivity contribution in [3.8, 4) is 0 Å². The van der Waals surface area contributed by atoms with E-state index in [1.807, 2.05) is 0 Å². The van der Waals surface area contributed by atoms with Crippen molar-refractivity contribution >= 4 is 15.9 Å². The molecule has 1 saturated heterocycles. The molecule has 1 N–H and O–H groups in total. The molecule has 0 bridgehead atoms. The van der Waals surface area contributed by atoms with E-state index in [-0.39, 0.29) is 0 Å². The normalized spacial score (nSPS) is 25.6. The third-order valence-corrected chi connectivity index (χ3v) is 5.04. The minimum absolute atomic E-state index is 0.726. The number of hydrogen-bond acceptors (Lipinski definition) is 1. The molecule has 17 heavy (non-hydrogen) atoms. The fraction of sp³-hybridized carbons (Fsp3) is 0.600. The molecule has 0 amide bonds. The van der Waals surface area contributed by atoms with Gasteiger partial charge in [0.25, 0.3) is 0 Å². The van der Waals surface area contributed by atoms with E-state index < -0.39 is 0 Å². The molecule has 1 aromatic rings. The lowest BCUT2D eigenvalue weighted by atomic mass is 9.92. The van der Waals surface area contributed by atoms with Crippen molar-refractivity contribution in [3.05, 3.63) is 33.8 Å². The van der Waals surface area contributed by atoms with Crippen molar-refractivity contribution in [2.75, 3.05) is 13.1 Å². The molecule has 1 saturated carbocycles. The SMILES string of the molecule is Brc1cc(C2CCNC2)ccc1C1CCCC1. The van der Waals surface area contributed by atoms with Crippen LogP contribution in [-0.2, 0) is 0 Å². The fourth-order valence-corrected chi connectivity index (χ4v) is 4.02. The van der Waals surface area contributed by atoms with Gasteiger partial charge in [-0.15, -0.1) is 0 Å². The Morgan fingerprint density at radius 1 is 1.06 bits per heavy atom. The van der Waals surface area contributed by atoms with Gasteiger partial charge in [0.15, 0.2) is 0 Å². The molecular weight excluding hydrogens is 274 g/mol. The van der Waals surface area contributed by atoms with Gasteiger partial charge in [0.1, 0.15) is 0 Å². The van der Waals surface area contributed by atoms with Crippen LogP contribution in [-0.4, -0.2) is 13.1 Å². The smallest absolute Gasteiger partial charge is 0.0212 e. The first kappa shape index (κ1) is 11.7. The lowest BCUT2D eigenvalue weighted by Crippen LogP contribution is -2.08. The molecule has 2 aliphatic rings. The molecule has 1 unspecified atom stereocenters. The highest BCUT2D eigenvalue weighted by molar-refractivity contribution is 9.10. The van der Waals surface area contributed by atoms with Gasteiger partial charge >= 0.3 is 0 Å². The van der Waals surface area contributed by atoms with E-state index in [4.69, 9.17) is 0 Å². The molecule has 0 aromatic heterocycles. The summed E-state index contributed by atoms with van der Waals surface area (Å²) in [6.07, 6.45) is 6.86. The Labute approximate surface area is 112 Å². The van der Waals surface area contributed by atoms with E-state index in [9.17, 15) is 0 Å². The maximum Gasteiger partial charge on any atom is 0.0212 e. The molecule has 0 spiro atoms. The summed E-state index contributed by atoms with van der Waals surface area (Å²) in [4.78, 5) is 0. The van der Waals surface area contributed by atoms with E-state index in [1.54, 1.807) is 0 Å². The first-order valence-electron chi connectivity index (χ1n) is 6.84. The molecule has 1 aliphatic heterocycles. The minimum Gasteiger partial charge on any atom is -0.316 e. The van der Waals surface area contributed by atoms with Gasteiger partial charge in [-0.25, -0.2) is 0 Å². The second-order valence-corrected chi connectivity index (χ2v) is 6.31. The van der Waals surface area contributed by atoms with Crippen LogP contribution in [0.15, 0.2) is 22.7 Å². The molecule has 1 atom stereocenters. The van der Waals surface area contributed by atoms with E-state index in [1.165, 1.54) is 54.2 Å². The third kappa shape index (κ3) is 2.43. The molecule has 3 rings (SSSR count). The maximum absolute atomic E-state index is 3.78. The molecule has 92 valence electrons. The highest BCUT2D eigenvalue weighted by Crippen LogP contribution is 2.39. The summed E-state index contributed by atoms with van der Waals surface area (Å²) in [6, 6.07) is 7.09. The van der Waals surface area contributed by atoms with E-state index in [0.717, 1.165) is 18.4 Å². The van der Waals surface area contributed by atoms with Gasteiger partial charge in [-0.2, -0.15) is 0 Å². The first-order chi connectivity index (χ1) is 8.34. The van der Waals surface area contributed by atoms with Crippen LogP contribution in [0, 0.1) is 0 Å². The summed E-state index contributed by atoms with van der Waals surface area (Å²) in [5, 5.41) is 3.44. The Hall–Kier alpha value is -0.340. The van der Waals surface area contributed by atoms with Gasteiger partial charge < -0.3 is 5.32 Å². The minimum atomic E-state index is 0.726. The number of halogens is 1. The molecule has 2 heteroatoms. The van der Waals surface area contributed by atoms with Crippen molar-refractivity contribution in [2.24, 2.45) is 0 Å². The lowest BCUT2D eigenvalue weighted by Gasteiger charge is -2.15. The van der Waals surface area contributed by atoms with Crippen LogP contribution < -0.4 is 5.32 Å². The summed E-state index contributed by atoms with van der Waals surface area (Å²) >= 11 is 3.78. The first-order valence-corrected chi connectivity index (χ1v) is 7.64. The molecule has 2 fully saturated rings. The Bertz CT molecular complexity index is 390. The average Bonchev–Trinajstić information content (AvgIpc) is 3.02. The van der Waals surface area contributed by atoms with Crippen molar-refractivity contribution in [1.82, 2.24) is 5.32 Å². The Kier molecular flexibility index (Phi) is 3.53. The topological polar surface area (TPSA) is 12.0 Å². The largest absolute Gasteiger partial charge is 0.316 e. The van der Waals surface area contributed by atoms with E-state index in [0.29, 0.717) is 0 Å². The van der Waals surface area contributed by atoms with Crippen molar-refractivity contribution in [2.45, 2.75) is 43.9 Å². The van der Waals surface area contributed by atoms with Crippen LogP contribution in [0.3, 0.4) is 0 Å². The van der Waals surface area contributed by atoms with Crippen LogP contribution in [0.5, 0.6) is 0 Å². The molecule has 0 radical (unpaired) electrons. The summed E-state index contributed by atoms with van der Waals surface area (Å²) in [5.74, 6) is 1.53. The van der Waals surface area contributed by atoms with E-state index in [2.05, 4.69) is 39.4 Å². The molecular formula is C15H20BrN. The lowest BCUT2D eigenvalue weighted by molar-refractivity contribution is 0.714. The number of benzene rings is 1. The zero-order chi connectivity index (χ0) is 11.7. The van der Waals surface area contributed by atoms with Gasteiger partial charge in [0.05, 0.1) is 0 Å². The Morgan fingerprint density at radius 3 is 2.53 bits per heavy atom. The van der Waals surface area contributed by atoms with Crippen LogP contribution in [0.1, 0.15) is 55.1 Å². The van der Waals surface area contributed by atoms with E-state index >= 15 is 0 Å². The van der Waals surface area contributed by atoms with Gasteiger partial charge in [0, 0.05) is 11.0 Å². The predicted octanol–water partition coefficient (Wildman–Crippen LogP) is 4.18. The standard InChI is InChI=1S/C15H20BrN/c16-15-9-12(13-7-8-17-10-13)5-6-14(15)11-3-1-2-4-11/h5-6,9,11,13,17H,1-4,7-8,10H2. The van der Waals surface area contributed by atoms with Gasteiger partial charge in [-0.3, -0.25) is 0 Å². The maximum atomic E-state index is 3.78. The summed E-state index contributed by atoms with van der Waals surface area (Å²) in [5.41, 5.74) is 3.04. The monoisotopic (exact) mass is 293 g/mol. The summed E-state index contributed by atoms with van der Waals surface area (Å²) < 4.78 is 1.34. The highest BCUT2D eigenvalue weighted by atomic mass is 79.9. The van der Waals surface area contributed by atoms with Crippen molar-refractivity contribution in [3.63, 3.8) is 0 Å². The zero-order valence-electron chi connectivity index (χ0n) is 10.2. The quantitative estimate of drug-likeness (QED) is 0.862. The van der Waals surface area contributed by atoms with Crippen molar-refractivity contribution < 1.29 is 0 Å². The van der Waals surface area contributed by atoms with Crippen LogP contribution in [0.25, 0.3) is 0 Å². The molecule has 1 heterocycles. The second kappa shape index (κ2) is 5.11. The summed E-state index contributed by atoms with van der Waals surface area (Å²) in [7, 11) is 0. The number of rotatable bonds is 2. The summed E-state index contributed by atoms with van der Waals surface area (Å²) in [6.45, 7) is 2.32. The van der Waals surface area contributed by atoms with Gasteiger partial charge in [0.2, 0.25) is 0 Å².